The van der Waals surface area contributed by atoms with E-state index in [0.717, 1.165) is 19.8 Å². The van der Waals surface area contributed by atoms with Crippen molar-refractivity contribution in [1.82, 2.24) is 5.32 Å². The highest BCUT2D eigenvalue weighted by atomic mass is 32.2. The molecule has 1 aliphatic rings. The van der Waals surface area contributed by atoms with Crippen molar-refractivity contribution in [3.05, 3.63) is 0 Å². The van der Waals surface area contributed by atoms with Crippen LogP contribution in [0.25, 0.3) is 0 Å². The topological polar surface area (TPSA) is 81.4 Å². The van der Waals surface area contributed by atoms with Gasteiger partial charge in [0.2, 0.25) is 10.0 Å². The zero-order chi connectivity index (χ0) is 10.7. The van der Waals surface area contributed by atoms with Gasteiger partial charge in [0.1, 0.15) is 0 Å². The predicted octanol–water partition coefficient (Wildman–Crippen LogP) is -0.709. The van der Waals surface area contributed by atoms with Crippen molar-refractivity contribution in [2.45, 2.75) is 13.3 Å². The average Bonchev–Trinajstić information content (AvgIpc) is 1.98. The molecule has 5 nitrogen and oxygen atoms in total. The first kappa shape index (κ1) is 11.9. The number of ether oxygens (including phenoxy) is 1. The van der Waals surface area contributed by atoms with E-state index in [2.05, 4.69) is 12.2 Å². The van der Waals surface area contributed by atoms with Gasteiger partial charge in [-0.1, -0.05) is 6.92 Å². The third kappa shape index (κ3) is 4.36. The van der Waals surface area contributed by atoms with Gasteiger partial charge >= 0.3 is 0 Å². The van der Waals surface area contributed by atoms with Crippen molar-refractivity contribution < 1.29 is 13.2 Å². The molecule has 0 aromatic carbocycles. The van der Waals surface area contributed by atoms with Gasteiger partial charge in [0.15, 0.2) is 0 Å². The van der Waals surface area contributed by atoms with Crippen LogP contribution in [-0.4, -0.2) is 40.5 Å². The summed E-state index contributed by atoms with van der Waals surface area (Å²) >= 11 is 0. The molecule has 0 spiro atoms. The number of hydrogen-bond acceptors (Lipinski definition) is 4. The van der Waals surface area contributed by atoms with Crippen LogP contribution in [0.4, 0.5) is 0 Å². The van der Waals surface area contributed by atoms with Crippen LogP contribution in [0.15, 0.2) is 0 Å². The summed E-state index contributed by atoms with van der Waals surface area (Å²) < 4.78 is 26.3. The summed E-state index contributed by atoms with van der Waals surface area (Å²) in [5.74, 6) is 0.0488. The lowest BCUT2D eigenvalue weighted by Gasteiger charge is -2.38. The number of nitrogens with one attached hydrogen (secondary N) is 1. The molecular weight excluding hydrogens is 204 g/mol. The van der Waals surface area contributed by atoms with Crippen LogP contribution >= 0.6 is 0 Å². The molecule has 0 amide bonds. The molecule has 0 aromatic heterocycles. The van der Waals surface area contributed by atoms with Crippen molar-refractivity contribution in [2.75, 3.05) is 32.1 Å². The highest BCUT2D eigenvalue weighted by molar-refractivity contribution is 7.89. The number of nitrogens with two attached hydrogens (primary N) is 1. The predicted molar refractivity (Wildman–Crippen MR) is 54.4 cm³/mol. The lowest BCUT2D eigenvalue weighted by Crippen LogP contribution is -2.47. The standard InChI is InChI=1S/C8H18N2O3S/c1-8(6-13-7-8)5-10-3-2-4-14(9,11)12/h10H,2-7H2,1H3,(H2,9,11,12). The fraction of sp³-hybridized carbons (Fsp3) is 1.00. The molecule has 6 heteroatoms. The molecule has 1 saturated heterocycles. The second kappa shape index (κ2) is 4.57. The van der Waals surface area contributed by atoms with Crippen molar-refractivity contribution in [2.24, 2.45) is 10.6 Å². The Bertz CT molecular complexity index is 272. The molecule has 14 heavy (non-hydrogen) atoms. The monoisotopic (exact) mass is 222 g/mol. The van der Waals surface area contributed by atoms with E-state index in [-0.39, 0.29) is 11.2 Å². The molecule has 0 aliphatic carbocycles. The summed E-state index contributed by atoms with van der Waals surface area (Å²) in [6, 6.07) is 0. The van der Waals surface area contributed by atoms with Crippen LogP contribution < -0.4 is 10.5 Å². The van der Waals surface area contributed by atoms with Crippen molar-refractivity contribution in [3.8, 4) is 0 Å². The summed E-state index contributed by atoms with van der Waals surface area (Å²) in [4.78, 5) is 0. The Labute approximate surface area is 85.1 Å². The largest absolute Gasteiger partial charge is 0.380 e. The quantitative estimate of drug-likeness (QED) is 0.582. The molecule has 84 valence electrons. The summed E-state index contributed by atoms with van der Waals surface area (Å²) in [5.41, 5.74) is 0.238. The van der Waals surface area contributed by atoms with Crippen LogP contribution in [0.5, 0.6) is 0 Å². The highest BCUT2D eigenvalue weighted by Gasteiger charge is 2.32. The lowest BCUT2D eigenvalue weighted by atomic mass is 9.89. The Hall–Kier alpha value is -0.170. The van der Waals surface area contributed by atoms with Gasteiger partial charge in [0.25, 0.3) is 0 Å². The van der Waals surface area contributed by atoms with Gasteiger partial charge in [-0.15, -0.1) is 0 Å². The Kier molecular flexibility index (Phi) is 3.88. The number of hydrogen-bond donors (Lipinski definition) is 2. The third-order valence-corrected chi connectivity index (χ3v) is 3.09. The first-order chi connectivity index (χ1) is 6.41. The first-order valence-corrected chi connectivity index (χ1v) is 6.42. The smallest absolute Gasteiger partial charge is 0.209 e. The van der Waals surface area contributed by atoms with Crippen molar-refractivity contribution >= 4 is 10.0 Å². The normalized spacial score (nSPS) is 20.4. The Morgan fingerprint density at radius 2 is 2.14 bits per heavy atom. The molecule has 1 aliphatic heterocycles. The van der Waals surface area contributed by atoms with E-state index in [0.29, 0.717) is 13.0 Å². The van der Waals surface area contributed by atoms with Gasteiger partial charge in [-0.25, -0.2) is 13.6 Å². The summed E-state index contributed by atoms with van der Waals surface area (Å²) in [6.45, 7) is 5.27. The fourth-order valence-corrected chi connectivity index (χ4v) is 1.89. The van der Waals surface area contributed by atoms with E-state index in [1.807, 2.05) is 0 Å². The van der Waals surface area contributed by atoms with Crippen LogP contribution in [0.3, 0.4) is 0 Å². The number of primary sulfonamides is 1. The van der Waals surface area contributed by atoms with Crippen molar-refractivity contribution in [3.63, 3.8) is 0 Å². The third-order valence-electron chi connectivity index (χ3n) is 2.24. The van der Waals surface area contributed by atoms with Gasteiger partial charge in [-0.3, -0.25) is 0 Å². The van der Waals surface area contributed by atoms with Gasteiger partial charge in [-0.05, 0) is 13.0 Å². The number of rotatable bonds is 6. The van der Waals surface area contributed by atoms with E-state index in [4.69, 9.17) is 9.88 Å². The Balaban J connectivity index is 2.00. The zero-order valence-corrected chi connectivity index (χ0v) is 9.27. The molecule has 1 fully saturated rings. The molecular formula is C8H18N2O3S. The molecule has 1 heterocycles. The maximum atomic E-state index is 10.6. The van der Waals surface area contributed by atoms with Gasteiger partial charge < -0.3 is 10.1 Å². The minimum Gasteiger partial charge on any atom is -0.380 e. The van der Waals surface area contributed by atoms with Crippen LogP contribution in [-0.2, 0) is 14.8 Å². The number of sulfonamides is 1. The van der Waals surface area contributed by atoms with Gasteiger partial charge in [0, 0.05) is 12.0 Å². The van der Waals surface area contributed by atoms with E-state index in [9.17, 15) is 8.42 Å². The second-order valence-corrected chi connectivity index (χ2v) is 5.93. The molecule has 0 aromatic rings. The molecule has 0 atom stereocenters. The van der Waals surface area contributed by atoms with Gasteiger partial charge in [-0.2, -0.15) is 0 Å². The summed E-state index contributed by atoms with van der Waals surface area (Å²) in [7, 11) is -3.30. The molecule has 0 bridgehead atoms. The van der Waals surface area contributed by atoms with Crippen LogP contribution in [0, 0.1) is 5.41 Å². The van der Waals surface area contributed by atoms with E-state index >= 15 is 0 Å². The fourth-order valence-electron chi connectivity index (χ4n) is 1.34. The minimum atomic E-state index is -3.30. The molecule has 1 rings (SSSR count). The lowest BCUT2D eigenvalue weighted by molar-refractivity contribution is -0.0989. The SMILES string of the molecule is CC1(CNCCCS(N)(=O)=O)COC1. The molecule has 0 radical (unpaired) electrons. The minimum absolute atomic E-state index is 0.0488. The van der Waals surface area contributed by atoms with Gasteiger partial charge in [0.05, 0.1) is 19.0 Å². The van der Waals surface area contributed by atoms with Crippen molar-refractivity contribution in [1.29, 1.82) is 0 Å². The Morgan fingerprint density at radius 3 is 2.57 bits per heavy atom. The summed E-state index contributed by atoms with van der Waals surface area (Å²) in [6.07, 6.45) is 0.565. The Morgan fingerprint density at radius 1 is 1.50 bits per heavy atom. The molecule has 0 unspecified atom stereocenters. The van der Waals surface area contributed by atoms with Crippen LogP contribution in [0.2, 0.25) is 0 Å². The molecule has 3 N–H and O–H groups in total. The summed E-state index contributed by atoms with van der Waals surface area (Å²) in [5, 5.41) is 8.07. The van der Waals surface area contributed by atoms with Crippen LogP contribution in [0.1, 0.15) is 13.3 Å². The first-order valence-electron chi connectivity index (χ1n) is 4.70. The maximum absolute atomic E-state index is 10.6. The zero-order valence-electron chi connectivity index (χ0n) is 8.45. The molecule has 0 saturated carbocycles. The maximum Gasteiger partial charge on any atom is 0.209 e. The second-order valence-electron chi connectivity index (χ2n) is 4.20. The average molecular weight is 222 g/mol. The van der Waals surface area contributed by atoms with E-state index in [1.165, 1.54) is 0 Å². The highest BCUT2D eigenvalue weighted by Crippen LogP contribution is 2.24. The van der Waals surface area contributed by atoms with E-state index in [1.54, 1.807) is 0 Å². The van der Waals surface area contributed by atoms with E-state index < -0.39 is 10.0 Å².